The Morgan fingerprint density at radius 2 is 2.10 bits per heavy atom. The summed E-state index contributed by atoms with van der Waals surface area (Å²) in [5, 5.41) is 4.43. The molecule has 3 atom stereocenters. The monoisotopic (exact) mass is 300 g/mol. The highest BCUT2D eigenvalue weighted by molar-refractivity contribution is 8.00. The lowest BCUT2D eigenvalue weighted by Crippen LogP contribution is -2.52. The molecule has 2 heterocycles. The van der Waals surface area contributed by atoms with E-state index in [1.165, 1.54) is 12.2 Å². The number of hydrogen-bond acceptors (Lipinski definition) is 4. The summed E-state index contributed by atoms with van der Waals surface area (Å²) in [5.74, 6) is 1.25. The van der Waals surface area contributed by atoms with Gasteiger partial charge < -0.3 is 15.0 Å². The van der Waals surface area contributed by atoms with Crippen molar-refractivity contribution in [2.24, 2.45) is 0 Å². The Kier molecular flexibility index (Phi) is 5.24. The molecule has 0 bridgehead atoms. The number of nitrogens with zero attached hydrogens (tertiary/aromatic N) is 1. The number of nitrogens with one attached hydrogen (secondary N) is 1. The molecule has 20 heavy (non-hydrogen) atoms. The van der Waals surface area contributed by atoms with Crippen molar-refractivity contribution in [3.8, 4) is 0 Å². The lowest BCUT2D eigenvalue weighted by atomic mass is 10.0. The van der Waals surface area contributed by atoms with Gasteiger partial charge in [0.2, 0.25) is 0 Å². The molecule has 0 saturated carbocycles. The molecule has 1 amide bonds. The minimum atomic E-state index is -0.409. The predicted octanol–water partition coefficient (Wildman–Crippen LogP) is 2.87. The summed E-state index contributed by atoms with van der Waals surface area (Å²) >= 11 is 2.04. The Morgan fingerprint density at radius 3 is 2.70 bits per heavy atom. The van der Waals surface area contributed by atoms with Gasteiger partial charge in [0.15, 0.2) is 0 Å². The molecule has 1 N–H and O–H groups in total. The number of piperidine rings is 1. The largest absolute Gasteiger partial charge is 0.444 e. The highest BCUT2D eigenvalue weighted by Gasteiger charge is 2.31. The van der Waals surface area contributed by atoms with Crippen LogP contribution in [0.5, 0.6) is 0 Å². The van der Waals surface area contributed by atoms with Crippen molar-refractivity contribution in [2.45, 2.75) is 69.9 Å². The van der Waals surface area contributed by atoms with E-state index >= 15 is 0 Å². The van der Waals surface area contributed by atoms with Gasteiger partial charge in [0, 0.05) is 30.4 Å². The van der Waals surface area contributed by atoms with Crippen molar-refractivity contribution in [3.05, 3.63) is 0 Å². The van der Waals surface area contributed by atoms with Gasteiger partial charge in [0.25, 0.3) is 0 Å². The average Bonchev–Trinajstić information content (AvgIpc) is 2.73. The van der Waals surface area contributed by atoms with E-state index in [4.69, 9.17) is 4.74 Å². The van der Waals surface area contributed by atoms with Crippen LogP contribution < -0.4 is 5.32 Å². The first kappa shape index (κ1) is 16.0. The SMILES string of the molecule is CC1SCCC1NC1CCCN(C(=O)OC(C)(C)C)C1. The van der Waals surface area contributed by atoms with Crippen molar-refractivity contribution in [3.63, 3.8) is 0 Å². The smallest absolute Gasteiger partial charge is 0.410 e. The minimum absolute atomic E-state index is 0.169. The van der Waals surface area contributed by atoms with Gasteiger partial charge in [-0.25, -0.2) is 4.79 Å². The van der Waals surface area contributed by atoms with E-state index in [9.17, 15) is 4.79 Å². The summed E-state index contributed by atoms with van der Waals surface area (Å²) in [4.78, 5) is 14.0. The van der Waals surface area contributed by atoms with Gasteiger partial charge in [-0.3, -0.25) is 0 Å². The van der Waals surface area contributed by atoms with E-state index in [0.717, 1.165) is 25.9 Å². The highest BCUT2D eigenvalue weighted by atomic mass is 32.2. The number of carbonyl (C=O) groups is 1. The van der Waals surface area contributed by atoms with E-state index in [1.54, 1.807) is 0 Å². The molecule has 4 nitrogen and oxygen atoms in total. The fourth-order valence-electron chi connectivity index (χ4n) is 2.86. The third kappa shape index (κ3) is 4.55. The second-order valence-electron chi connectivity index (χ2n) is 6.90. The second kappa shape index (κ2) is 6.56. The summed E-state index contributed by atoms with van der Waals surface area (Å²) in [6, 6.07) is 1.02. The molecular weight excluding hydrogens is 272 g/mol. The Bertz CT molecular complexity index is 343. The predicted molar refractivity (Wildman–Crippen MR) is 84.3 cm³/mol. The van der Waals surface area contributed by atoms with Crippen molar-refractivity contribution in [1.29, 1.82) is 0 Å². The first-order valence-corrected chi connectivity index (χ1v) is 8.75. The fourth-order valence-corrected chi connectivity index (χ4v) is 4.07. The number of ether oxygens (including phenoxy) is 1. The molecule has 2 aliphatic heterocycles. The molecule has 2 fully saturated rings. The zero-order valence-corrected chi connectivity index (χ0v) is 14.0. The molecule has 2 rings (SSSR count). The summed E-state index contributed by atoms with van der Waals surface area (Å²) in [6.45, 7) is 9.65. The molecule has 0 aromatic carbocycles. The van der Waals surface area contributed by atoms with Crippen molar-refractivity contribution >= 4 is 17.9 Å². The second-order valence-corrected chi connectivity index (χ2v) is 8.39. The molecule has 3 unspecified atom stereocenters. The van der Waals surface area contributed by atoms with E-state index in [1.807, 2.05) is 37.4 Å². The number of rotatable bonds is 2. The zero-order valence-electron chi connectivity index (χ0n) is 13.1. The highest BCUT2D eigenvalue weighted by Crippen LogP contribution is 2.27. The van der Waals surface area contributed by atoms with Crippen LogP contribution >= 0.6 is 11.8 Å². The number of likely N-dealkylation sites (tertiary alicyclic amines) is 1. The molecule has 2 aliphatic rings. The number of hydrogen-bond donors (Lipinski definition) is 1. The van der Waals surface area contributed by atoms with Gasteiger partial charge in [0.05, 0.1) is 0 Å². The van der Waals surface area contributed by atoms with E-state index in [0.29, 0.717) is 17.3 Å². The maximum absolute atomic E-state index is 12.1. The van der Waals surface area contributed by atoms with Gasteiger partial charge >= 0.3 is 6.09 Å². The summed E-state index contributed by atoms with van der Waals surface area (Å²) < 4.78 is 5.47. The summed E-state index contributed by atoms with van der Waals surface area (Å²) in [7, 11) is 0. The maximum atomic E-state index is 12.1. The standard InChI is InChI=1S/C15H28N2O2S/c1-11-13(7-9-20-11)16-12-6-5-8-17(10-12)14(18)19-15(2,3)4/h11-13,16H,5-10H2,1-4H3. The van der Waals surface area contributed by atoms with Crippen LogP contribution in [0.3, 0.4) is 0 Å². The van der Waals surface area contributed by atoms with Gasteiger partial charge in [0.1, 0.15) is 5.60 Å². The van der Waals surface area contributed by atoms with Crippen molar-refractivity contribution < 1.29 is 9.53 Å². The Labute approximate surface area is 127 Å². The third-order valence-electron chi connectivity index (χ3n) is 3.90. The molecule has 0 aliphatic carbocycles. The molecule has 116 valence electrons. The van der Waals surface area contributed by atoms with Crippen LogP contribution in [0.25, 0.3) is 0 Å². The van der Waals surface area contributed by atoms with Crippen LogP contribution in [0.1, 0.15) is 47.0 Å². The molecule has 2 saturated heterocycles. The first-order chi connectivity index (χ1) is 9.35. The van der Waals surface area contributed by atoms with Gasteiger partial charge in [-0.15, -0.1) is 0 Å². The molecule has 0 aromatic heterocycles. The van der Waals surface area contributed by atoms with Crippen molar-refractivity contribution in [1.82, 2.24) is 10.2 Å². The van der Waals surface area contributed by atoms with Crippen LogP contribution in [-0.4, -0.2) is 52.8 Å². The maximum Gasteiger partial charge on any atom is 0.410 e. The Morgan fingerprint density at radius 1 is 1.35 bits per heavy atom. The molecule has 0 spiro atoms. The third-order valence-corrected chi connectivity index (χ3v) is 5.22. The minimum Gasteiger partial charge on any atom is -0.444 e. The number of thioether (sulfide) groups is 1. The average molecular weight is 300 g/mol. The molecular formula is C15H28N2O2S. The normalized spacial score (nSPS) is 31.4. The van der Waals surface area contributed by atoms with Gasteiger partial charge in [-0.05, 0) is 45.8 Å². The van der Waals surface area contributed by atoms with E-state index in [2.05, 4.69) is 12.2 Å². The van der Waals surface area contributed by atoms with Gasteiger partial charge in [-0.1, -0.05) is 6.92 Å². The topological polar surface area (TPSA) is 41.6 Å². The summed E-state index contributed by atoms with van der Waals surface area (Å²) in [5.41, 5.74) is -0.409. The molecule has 0 radical (unpaired) electrons. The van der Waals surface area contributed by atoms with Gasteiger partial charge in [-0.2, -0.15) is 11.8 Å². The van der Waals surface area contributed by atoms with Crippen LogP contribution in [0.4, 0.5) is 4.79 Å². The van der Waals surface area contributed by atoms with E-state index in [-0.39, 0.29) is 6.09 Å². The van der Waals surface area contributed by atoms with Crippen LogP contribution in [0, 0.1) is 0 Å². The summed E-state index contributed by atoms with van der Waals surface area (Å²) in [6.07, 6.45) is 3.30. The zero-order chi connectivity index (χ0) is 14.8. The van der Waals surface area contributed by atoms with Crippen molar-refractivity contribution in [2.75, 3.05) is 18.8 Å². The fraction of sp³-hybridized carbons (Fsp3) is 0.933. The first-order valence-electron chi connectivity index (χ1n) is 7.71. The van der Waals surface area contributed by atoms with Crippen LogP contribution in [-0.2, 0) is 4.74 Å². The lowest BCUT2D eigenvalue weighted by Gasteiger charge is -2.36. The van der Waals surface area contributed by atoms with Crippen LogP contribution in [0.15, 0.2) is 0 Å². The van der Waals surface area contributed by atoms with E-state index < -0.39 is 5.60 Å². The Hall–Kier alpha value is -0.420. The lowest BCUT2D eigenvalue weighted by molar-refractivity contribution is 0.0183. The number of amides is 1. The quantitative estimate of drug-likeness (QED) is 0.851. The van der Waals surface area contributed by atoms with Crippen LogP contribution in [0.2, 0.25) is 0 Å². The number of carbonyl (C=O) groups excluding carboxylic acids is 1. The Balaban J connectivity index is 1.83. The molecule has 5 heteroatoms. The molecule has 0 aromatic rings.